The first-order chi connectivity index (χ1) is 13.5. The molecule has 144 valence electrons. The van der Waals surface area contributed by atoms with Gasteiger partial charge in [0.15, 0.2) is 6.61 Å². The van der Waals surface area contributed by atoms with Gasteiger partial charge in [-0.25, -0.2) is 9.48 Å². The normalized spacial score (nSPS) is 10.7. The zero-order valence-corrected chi connectivity index (χ0v) is 15.0. The summed E-state index contributed by atoms with van der Waals surface area (Å²) in [4.78, 5) is 24.3. The zero-order chi connectivity index (χ0) is 19.9. The number of hydrogen-bond donors (Lipinski definition) is 1. The third-order valence-electron chi connectivity index (χ3n) is 3.43. The molecular formula is C17H13F2N5O3S. The number of thioether (sulfide) groups is 1. The SMILES string of the molecule is O=C(COC(=O)c1ccc(-n2cnnn2)cc1)Nc1ccccc1SC(F)F. The van der Waals surface area contributed by atoms with Crippen LogP contribution in [0.1, 0.15) is 10.4 Å². The fourth-order valence-corrected chi connectivity index (χ4v) is 2.79. The van der Waals surface area contributed by atoms with Gasteiger partial charge >= 0.3 is 5.97 Å². The summed E-state index contributed by atoms with van der Waals surface area (Å²) in [6.45, 7) is -0.554. The Morgan fingerprint density at radius 3 is 2.57 bits per heavy atom. The fourth-order valence-electron chi connectivity index (χ4n) is 2.20. The van der Waals surface area contributed by atoms with Gasteiger partial charge in [0.2, 0.25) is 0 Å². The van der Waals surface area contributed by atoms with Crippen molar-refractivity contribution in [1.29, 1.82) is 0 Å². The molecule has 0 atom stereocenters. The zero-order valence-electron chi connectivity index (χ0n) is 14.2. The Morgan fingerprint density at radius 2 is 1.89 bits per heavy atom. The number of carbonyl (C=O) groups is 2. The number of hydrogen-bond acceptors (Lipinski definition) is 7. The highest BCUT2D eigenvalue weighted by Crippen LogP contribution is 2.31. The molecule has 1 amide bonds. The van der Waals surface area contributed by atoms with Crippen molar-refractivity contribution in [1.82, 2.24) is 20.2 Å². The van der Waals surface area contributed by atoms with E-state index in [0.29, 0.717) is 17.4 Å². The molecule has 3 aromatic rings. The van der Waals surface area contributed by atoms with Crippen molar-refractivity contribution in [2.45, 2.75) is 10.7 Å². The molecule has 0 aliphatic carbocycles. The van der Waals surface area contributed by atoms with Crippen molar-refractivity contribution in [3.05, 3.63) is 60.4 Å². The molecule has 0 aliphatic rings. The summed E-state index contributed by atoms with van der Waals surface area (Å²) in [5, 5.41) is 13.2. The monoisotopic (exact) mass is 405 g/mol. The lowest BCUT2D eigenvalue weighted by atomic mass is 10.2. The molecule has 0 fully saturated rings. The fraction of sp³-hybridized carbons (Fsp3) is 0.118. The van der Waals surface area contributed by atoms with Gasteiger partial charge in [0.05, 0.1) is 16.9 Å². The lowest BCUT2D eigenvalue weighted by Crippen LogP contribution is -2.21. The van der Waals surface area contributed by atoms with Gasteiger partial charge in [-0.1, -0.05) is 23.9 Å². The highest BCUT2D eigenvalue weighted by molar-refractivity contribution is 7.99. The van der Waals surface area contributed by atoms with E-state index in [1.54, 1.807) is 24.3 Å². The number of nitrogens with zero attached hydrogens (tertiary/aromatic N) is 4. The molecular weight excluding hydrogens is 392 g/mol. The first-order valence-electron chi connectivity index (χ1n) is 7.87. The highest BCUT2D eigenvalue weighted by Gasteiger charge is 2.14. The van der Waals surface area contributed by atoms with Crippen molar-refractivity contribution < 1.29 is 23.1 Å². The molecule has 1 heterocycles. The van der Waals surface area contributed by atoms with Crippen molar-refractivity contribution in [2.75, 3.05) is 11.9 Å². The number of alkyl halides is 2. The van der Waals surface area contributed by atoms with Gasteiger partial charge in [0, 0.05) is 4.90 Å². The quantitative estimate of drug-likeness (QED) is 0.477. The van der Waals surface area contributed by atoms with Crippen LogP contribution in [0.25, 0.3) is 5.69 Å². The summed E-state index contributed by atoms with van der Waals surface area (Å²) in [7, 11) is 0. The maximum absolute atomic E-state index is 12.6. The molecule has 1 N–H and O–H groups in total. The van der Waals surface area contributed by atoms with Crippen molar-refractivity contribution in [3.8, 4) is 5.69 Å². The lowest BCUT2D eigenvalue weighted by molar-refractivity contribution is -0.119. The van der Waals surface area contributed by atoms with Gasteiger partial charge in [-0.2, -0.15) is 8.78 Å². The van der Waals surface area contributed by atoms with Crippen LogP contribution in [0.15, 0.2) is 59.8 Å². The number of anilines is 1. The Balaban J connectivity index is 1.55. The van der Waals surface area contributed by atoms with Crippen molar-refractivity contribution >= 4 is 29.3 Å². The van der Waals surface area contributed by atoms with E-state index in [9.17, 15) is 18.4 Å². The van der Waals surface area contributed by atoms with Crippen LogP contribution in [-0.4, -0.2) is 44.4 Å². The van der Waals surface area contributed by atoms with Gasteiger partial charge in [-0.05, 0) is 46.8 Å². The second kappa shape index (κ2) is 9.04. The third-order valence-corrected chi connectivity index (χ3v) is 4.22. The van der Waals surface area contributed by atoms with E-state index in [1.165, 1.54) is 35.3 Å². The van der Waals surface area contributed by atoms with E-state index in [-0.39, 0.29) is 16.1 Å². The smallest absolute Gasteiger partial charge is 0.338 e. The summed E-state index contributed by atoms with van der Waals surface area (Å²) in [5.41, 5.74) is 1.10. The van der Waals surface area contributed by atoms with E-state index >= 15 is 0 Å². The average molecular weight is 405 g/mol. The van der Waals surface area contributed by atoms with Crippen molar-refractivity contribution in [3.63, 3.8) is 0 Å². The minimum Gasteiger partial charge on any atom is -0.452 e. The molecule has 2 aromatic carbocycles. The number of halogens is 2. The van der Waals surface area contributed by atoms with E-state index in [0.717, 1.165) is 0 Å². The third kappa shape index (κ3) is 5.10. The average Bonchev–Trinajstić information content (AvgIpc) is 3.22. The topological polar surface area (TPSA) is 99.0 Å². The molecule has 0 aliphatic heterocycles. The maximum Gasteiger partial charge on any atom is 0.338 e. The number of nitrogens with one attached hydrogen (secondary N) is 1. The first-order valence-corrected chi connectivity index (χ1v) is 8.75. The van der Waals surface area contributed by atoms with Gasteiger partial charge in [-0.15, -0.1) is 5.10 Å². The predicted molar refractivity (Wildman–Crippen MR) is 96.4 cm³/mol. The van der Waals surface area contributed by atoms with E-state index in [1.807, 2.05) is 0 Å². The van der Waals surface area contributed by atoms with E-state index in [4.69, 9.17) is 4.74 Å². The second-order valence-corrected chi connectivity index (χ2v) is 6.33. The van der Waals surface area contributed by atoms with Crippen LogP contribution in [-0.2, 0) is 9.53 Å². The van der Waals surface area contributed by atoms with Crippen molar-refractivity contribution in [2.24, 2.45) is 0 Å². The van der Waals surface area contributed by atoms with Crippen LogP contribution in [0.4, 0.5) is 14.5 Å². The molecule has 11 heteroatoms. The molecule has 0 saturated heterocycles. The number of ether oxygens (including phenoxy) is 1. The van der Waals surface area contributed by atoms with Crippen LogP contribution >= 0.6 is 11.8 Å². The minimum absolute atomic E-state index is 0.218. The molecule has 0 bridgehead atoms. The summed E-state index contributed by atoms with van der Waals surface area (Å²) < 4.78 is 31.5. The Labute approximate surface area is 161 Å². The molecule has 0 saturated carbocycles. The van der Waals surface area contributed by atoms with Crippen LogP contribution < -0.4 is 5.32 Å². The molecule has 28 heavy (non-hydrogen) atoms. The molecule has 1 aromatic heterocycles. The molecule has 0 unspecified atom stereocenters. The van der Waals surface area contributed by atoms with Crippen LogP contribution in [0, 0.1) is 0 Å². The number of rotatable bonds is 7. The van der Waals surface area contributed by atoms with Gasteiger partial charge in [0.25, 0.3) is 11.7 Å². The Kier molecular flexibility index (Phi) is 6.27. The molecule has 3 rings (SSSR count). The number of benzene rings is 2. The minimum atomic E-state index is -2.62. The summed E-state index contributed by atoms with van der Waals surface area (Å²) >= 11 is 0.317. The number of amides is 1. The highest BCUT2D eigenvalue weighted by atomic mass is 32.2. The number of tetrazole rings is 1. The Morgan fingerprint density at radius 1 is 1.14 bits per heavy atom. The van der Waals surface area contributed by atoms with Gasteiger partial charge < -0.3 is 10.1 Å². The largest absolute Gasteiger partial charge is 0.452 e. The summed E-state index contributed by atoms with van der Waals surface area (Å²) in [5.74, 6) is -3.96. The molecule has 8 nitrogen and oxygen atoms in total. The molecule has 0 spiro atoms. The first kappa shape index (κ1) is 19.4. The number of carbonyl (C=O) groups excluding carboxylic acids is 2. The van der Waals surface area contributed by atoms with E-state index in [2.05, 4.69) is 20.8 Å². The Hall–Kier alpha value is -3.34. The number of para-hydroxylation sites is 1. The van der Waals surface area contributed by atoms with Gasteiger partial charge in [0.1, 0.15) is 6.33 Å². The second-order valence-electron chi connectivity index (χ2n) is 5.30. The Bertz CT molecular complexity index is 952. The summed E-state index contributed by atoms with van der Waals surface area (Å²) in [6.07, 6.45) is 1.40. The lowest BCUT2D eigenvalue weighted by Gasteiger charge is -2.10. The predicted octanol–water partition coefficient (Wildman–Crippen LogP) is 2.77. The van der Waals surface area contributed by atoms with Gasteiger partial charge in [-0.3, -0.25) is 4.79 Å². The molecule has 0 radical (unpaired) electrons. The number of aromatic nitrogens is 4. The van der Waals surface area contributed by atoms with Crippen LogP contribution in [0.3, 0.4) is 0 Å². The standard InChI is InChI=1S/C17H13F2N5O3S/c18-17(19)28-14-4-2-1-3-13(14)21-15(25)9-27-16(26)11-5-7-12(8-6-11)24-10-20-22-23-24/h1-8,10,17H,9H2,(H,21,25). The maximum atomic E-state index is 12.6. The number of esters is 1. The van der Waals surface area contributed by atoms with E-state index < -0.39 is 24.2 Å². The van der Waals surface area contributed by atoms with Crippen LogP contribution in [0.2, 0.25) is 0 Å². The van der Waals surface area contributed by atoms with Crippen LogP contribution in [0.5, 0.6) is 0 Å². The summed E-state index contributed by atoms with van der Waals surface area (Å²) in [6, 6.07) is 12.4.